The van der Waals surface area contributed by atoms with E-state index >= 15 is 0 Å². The van der Waals surface area contributed by atoms with Gasteiger partial charge in [-0.1, -0.05) is 41.4 Å². The van der Waals surface area contributed by atoms with Crippen molar-refractivity contribution in [3.8, 4) is 5.69 Å². The topological polar surface area (TPSA) is 62.5 Å². The van der Waals surface area contributed by atoms with Gasteiger partial charge in [-0.25, -0.2) is 4.68 Å². The standard InChI is InChI=1S/C16H12Cl2N4O/c1-10-15(20-19-12-5-3-2-4-6-12)16(23)22(21-10)14-9-11(17)7-8-13(14)18/h2-9,21H,1H3. The predicted octanol–water partition coefficient (Wildman–Crippen LogP) is 5.20. The van der Waals surface area contributed by atoms with Gasteiger partial charge in [0.25, 0.3) is 5.56 Å². The molecule has 3 aromatic rings. The fourth-order valence-corrected chi connectivity index (χ4v) is 2.45. The fraction of sp³-hybridized carbons (Fsp3) is 0.0625. The average Bonchev–Trinajstić information content (AvgIpc) is 2.83. The predicted molar refractivity (Wildman–Crippen MR) is 91.8 cm³/mol. The minimum Gasteiger partial charge on any atom is -0.293 e. The molecule has 1 aromatic heterocycles. The molecule has 0 atom stereocenters. The summed E-state index contributed by atoms with van der Waals surface area (Å²) in [6.45, 7) is 1.75. The van der Waals surface area contributed by atoms with Gasteiger partial charge in [-0.2, -0.15) is 5.11 Å². The second-order valence-electron chi connectivity index (χ2n) is 4.86. The maximum Gasteiger partial charge on any atom is 0.299 e. The van der Waals surface area contributed by atoms with Crippen LogP contribution in [-0.4, -0.2) is 9.78 Å². The number of nitrogens with one attached hydrogen (secondary N) is 1. The number of benzene rings is 2. The number of aryl methyl sites for hydroxylation is 1. The Labute approximate surface area is 142 Å². The molecule has 2 aromatic carbocycles. The van der Waals surface area contributed by atoms with Crippen LogP contribution in [0.1, 0.15) is 5.69 Å². The highest BCUT2D eigenvalue weighted by Gasteiger charge is 2.14. The number of aromatic nitrogens is 2. The lowest BCUT2D eigenvalue weighted by molar-refractivity contribution is 0.835. The molecular formula is C16H12Cl2N4O. The van der Waals surface area contributed by atoms with Crippen LogP contribution in [0.2, 0.25) is 10.0 Å². The number of rotatable bonds is 3. The third-order valence-corrected chi connectivity index (χ3v) is 3.77. The van der Waals surface area contributed by atoms with Gasteiger partial charge in [0, 0.05) is 5.02 Å². The molecule has 0 saturated carbocycles. The SMILES string of the molecule is Cc1[nH]n(-c2cc(Cl)ccc2Cl)c(=O)c1N=Nc1ccccc1. The quantitative estimate of drug-likeness (QED) is 0.651. The first-order chi connectivity index (χ1) is 11.1. The van der Waals surface area contributed by atoms with Crippen molar-refractivity contribution in [3.05, 3.63) is 74.6 Å². The molecule has 0 radical (unpaired) electrons. The maximum absolute atomic E-state index is 12.6. The highest BCUT2D eigenvalue weighted by molar-refractivity contribution is 6.34. The molecule has 23 heavy (non-hydrogen) atoms. The van der Waals surface area contributed by atoms with Gasteiger partial charge in [-0.3, -0.25) is 9.89 Å². The smallest absolute Gasteiger partial charge is 0.293 e. The van der Waals surface area contributed by atoms with Gasteiger partial charge in [0.1, 0.15) is 0 Å². The van der Waals surface area contributed by atoms with E-state index in [0.717, 1.165) is 0 Å². The number of hydrogen-bond donors (Lipinski definition) is 1. The van der Waals surface area contributed by atoms with E-state index < -0.39 is 0 Å². The number of aromatic amines is 1. The summed E-state index contributed by atoms with van der Waals surface area (Å²) in [7, 11) is 0. The molecule has 0 unspecified atom stereocenters. The van der Waals surface area contributed by atoms with E-state index in [2.05, 4.69) is 15.3 Å². The molecule has 116 valence electrons. The Hall–Kier alpha value is -2.37. The molecule has 1 heterocycles. The van der Waals surface area contributed by atoms with Crippen LogP contribution in [0.3, 0.4) is 0 Å². The minimum absolute atomic E-state index is 0.227. The first kappa shape index (κ1) is 15.5. The lowest BCUT2D eigenvalue weighted by atomic mass is 10.3. The molecule has 0 spiro atoms. The van der Waals surface area contributed by atoms with E-state index in [1.165, 1.54) is 4.68 Å². The van der Waals surface area contributed by atoms with Gasteiger partial charge >= 0.3 is 0 Å². The van der Waals surface area contributed by atoms with Crippen molar-refractivity contribution in [1.82, 2.24) is 9.78 Å². The summed E-state index contributed by atoms with van der Waals surface area (Å²) in [5, 5.41) is 12.0. The minimum atomic E-state index is -0.341. The average molecular weight is 347 g/mol. The second-order valence-corrected chi connectivity index (χ2v) is 5.70. The van der Waals surface area contributed by atoms with Crippen LogP contribution >= 0.6 is 23.2 Å². The van der Waals surface area contributed by atoms with Crippen LogP contribution < -0.4 is 5.56 Å². The van der Waals surface area contributed by atoms with E-state index in [0.29, 0.717) is 27.1 Å². The summed E-state index contributed by atoms with van der Waals surface area (Å²) in [5.41, 5.74) is 1.61. The van der Waals surface area contributed by atoms with Crippen LogP contribution in [-0.2, 0) is 0 Å². The lowest BCUT2D eigenvalue weighted by Gasteiger charge is -2.04. The molecule has 7 heteroatoms. The van der Waals surface area contributed by atoms with Crippen molar-refractivity contribution in [3.63, 3.8) is 0 Å². The van der Waals surface area contributed by atoms with Gasteiger partial charge < -0.3 is 0 Å². The van der Waals surface area contributed by atoms with Crippen LogP contribution in [0.25, 0.3) is 5.69 Å². The van der Waals surface area contributed by atoms with Gasteiger partial charge in [0.2, 0.25) is 0 Å². The number of nitrogens with zero attached hydrogens (tertiary/aromatic N) is 3. The maximum atomic E-state index is 12.6. The summed E-state index contributed by atoms with van der Waals surface area (Å²) in [6, 6.07) is 14.1. The lowest BCUT2D eigenvalue weighted by Crippen LogP contribution is -2.14. The molecule has 1 N–H and O–H groups in total. The Bertz CT molecular complexity index is 929. The van der Waals surface area contributed by atoms with Gasteiger partial charge in [0.05, 0.1) is 22.1 Å². The molecule has 0 aliphatic rings. The number of H-pyrrole nitrogens is 1. The third kappa shape index (κ3) is 3.21. The normalized spacial score (nSPS) is 11.3. The van der Waals surface area contributed by atoms with Crippen molar-refractivity contribution in [1.29, 1.82) is 0 Å². The Morgan fingerprint density at radius 3 is 2.52 bits per heavy atom. The number of hydrogen-bond acceptors (Lipinski definition) is 3. The zero-order chi connectivity index (χ0) is 16.4. The van der Waals surface area contributed by atoms with Crippen LogP contribution in [0.15, 0.2) is 63.6 Å². The van der Waals surface area contributed by atoms with Crippen LogP contribution in [0.4, 0.5) is 11.4 Å². The molecule has 3 rings (SSSR count). The second kappa shape index (κ2) is 6.40. The molecule has 0 amide bonds. The Balaban J connectivity index is 2.05. The molecule has 0 bridgehead atoms. The summed E-state index contributed by atoms with van der Waals surface area (Å²) < 4.78 is 1.31. The van der Waals surface area contributed by atoms with Crippen molar-refractivity contribution < 1.29 is 0 Å². The van der Waals surface area contributed by atoms with Crippen molar-refractivity contribution >= 4 is 34.6 Å². The molecule has 0 aliphatic heterocycles. The highest BCUT2D eigenvalue weighted by atomic mass is 35.5. The summed E-state index contributed by atoms with van der Waals surface area (Å²) >= 11 is 12.1. The van der Waals surface area contributed by atoms with E-state index in [1.807, 2.05) is 18.2 Å². The Morgan fingerprint density at radius 1 is 1.04 bits per heavy atom. The van der Waals surface area contributed by atoms with Gasteiger partial charge in [0.15, 0.2) is 5.69 Å². The van der Waals surface area contributed by atoms with E-state index in [4.69, 9.17) is 23.2 Å². The largest absolute Gasteiger partial charge is 0.299 e. The first-order valence-corrected chi connectivity index (χ1v) is 7.55. The van der Waals surface area contributed by atoms with Crippen molar-refractivity contribution in [2.75, 3.05) is 0 Å². The number of halogens is 2. The molecule has 0 saturated heterocycles. The van der Waals surface area contributed by atoms with Gasteiger partial charge in [-0.05, 0) is 37.3 Å². The van der Waals surface area contributed by atoms with Crippen molar-refractivity contribution in [2.24, 2.45) is 10.2 Å². The van der Waals surface area contributed by atoms with Gasteiger partial charge in [-0.15, -0.1) is 5.11 Å². The molecular weight excluding hydrogens is 335 g/mol. The zero-order valence-corrected chi connectivity index (χ0v) is 13.6. The zero-order valence-electron chi connectivity index (χ0n) is 12.1. The fourth-order valence-electron chi connectivity index (χ4n) is 2.08. The van der Waals surface area contributed by atoms with E-state index in [1.54, 1.807) is 37.3 Å². The molecule has 0 aliphatic carbocycles. The monoisotopic (exact) mass is 346 g/mol. The Morgan fingerprint density at radius 2 is 1.78 bits per heavy atom. The Kier molecular flexibility index (Phi) is 4.32. The number of azo groups is 1. The summed E-state index contributed by atoms with van der Waals surface area (Å²) in [5.74, 6) is 0. The molecule has 0 fully saturated rings. The highest BCUT2D eigenvalue weighted by Crippen LogP contribution is 2.25. The van der Waals surface area contributed by atoms with E-state index in [-0.39, 0.29) is 11.2 Å². The van der Waals surface area contributed by atoms with Crippen molar-refractivity contribution in [2.45, 2.75) is 6.92 Å². The van der Waals surface area contributed by atoms with E-state index in [9.17, 15) is 4.79 Å². The van der Waals surface area contributed by atoms with Crippen LogP contribution in [0.5, 0.6) is 0 Å². The summed E-state index contributed by atoms with van der Waals surface area (Å²) in [4.78, 5) is 12.6. The summed E-state index contributed by atoms with van der Waals surface area (Å²) in [6.07, 6.45) is 0. The van der Waals surface area contributed by atoms with Crippen LogP contribution in [0, 0.1) is 6.92 Å². The third-order valence-electron chi connectivity index (χ3n) is 3.21. The molecule has 5 nitrogen and oxygen atoms in total. The first-order valence-electron chi connectivity index (χ1n) is 6.80.